The van der Waals surface area contributed by atoms with Crippen LogP contribution in [0.2, 0.25) is 0 Å². The highest BCUT2D eigenvalue weighted by molar-refractivity contribution is 5.93. The highest BCUT2D eigenvalue weighted by Gasteiger charge is 2.12. The first-order chi connectivity index (χ1) is 15.4. The Hall–Kier alpha value is -3.67. The van der Waals surface area contributed by atoms with Crippen molar-refractivity contribution in [1.82, 2.24) is 15.1 Å². The van der Waals surface area contributed by atoms with Gasteiger partial charge in [0.15, 0.2) is 0 Å². The molecule has 0 aliphatic heterocycles. The van der Waals surface area contributed by atoms with Crippen LogP contribution in [0.15, 0.2) is 60.7 Å². The number of amides is 2. The number of aromatic nitrogens is 2. The van der Waals surface area contributed by atoms with Crippen LogP contribution in [0.4, 0.5) is 5.69 Å². The normalized spacial score (nSPS) is 12.0. The number of nitrogens with one attached hydrogen (secondary N) is 2. The SMILES string of the molecule is CCC(C)C(=O)Nc1cccc(CNC(=O)/C=C/c2c(C)nn(-c3ccccc3)c2C)c1. The van der Waals surface area contributed by atoms with Gasteiger partial charge in [-0.15, -0.1) is 0 Å². The number of hydrogen-bond donors (Lipinski definition) is 2. The summed E-state index contributed by atoms with van der Waals surface area (Å²) in [6.07, 6.45) is 4.12. The van der Waals surface area contributed by atoms with Crippen molar-refractivity contribution in [3.05, 3.63) is 83.2 Å². The van der Waals surface area contributed by atoms with Gasteiger partial charge in [0.2, 0.25) is 11.8 Å². The van der Waals surface area contributed by atoms with E-state index in [1.807, 2.05) is 87.0 Å². The van der Waals surface area contributed by atoms with E-state index >= 15 is 0 Å². The average Bonchev–Trinajstić information content (AvgIpc) is 3.09. The summed E-state index contributed by atoms with van der Waals surface area (Å²) in [4.78, 5) is 24.5. The second kappa shape index (κ2) is 10.6. The van der Waals surface area contributed by atoms with Crippen LogP contribution in [0.25, 0.3) is 11.8 Å². The van der Waals surface area contributed by atoms with Crippen LogP contribution >= 0.6 is 0 Å². The third-order valence-electron chi connectivity index (χ3n) is 5.47. The molecule has 2 amide bonds. The summed E-state index contributed by atoms with van der Waals surface area (Å²) in [5, 5.41) is 10.4. The smallest absolute Gasteiger partial charge is 0.244 e. The molecule has 6 heteroatoms. The molecule has 0 aliphatic carbocycles. The third kappa shape index (κ3) is 5.72. The topological polar surface area (TPSA) is 76.0 Å². The van der Waals surface area contributed by atoms with Gasteiger partial charge < -0.3 is 10.6 Å². The number of nitrogens with zero attached hydrogens (tertiary/aromatic N) is 2. The zero-order valence-electron chi connectivity index (χ0n) is 19.1. The van der Waals surface area contributed by atoms with Gasteiger partial charge in [-0.3, -0.25) is 9.59 Å². The van der Waals surface area contributed by atoms with Crippen LogP contribution in [-0.2, 0) is 16.1 Å². The fourth-order valence-corrected chi connectivity index (χ4v) is 3.33. The van der Waals surface area contributed by atoms with Gasteiger partial charge in [-0.2, -0.15) is 5.10 Å². The summed E-state index contributed by atoms with van der Waals surface area (Å²) in [5.41, 5.74) is 5.40. The molecular weight excluding hydrogens is 400 g/mol. The Bertz CT molecular complexity index is 1120. The largest absolute Gasteiger partial charge is 0.348 e. The molecule has 1 aromatic heterocycles. The molecule has 1 unspecified atom stereocenters. The lowest BCUT2D eigenvalue weighted by atomic mass is 10.1. The van der Waals surface area contributed by atoms with Crippen LogP contribution < -0.4 is 10.6 Å². The second-order valence-electron chi connectivity index (χ2n) is 7.88. The van der Waals surface area contributed by atoms with Gasteiger partial charge in [0.05, 0.1) is 11.4 Å². The molecule has 0 bridgehead atoms. The third-order valence-corrected chi connectivity index (χ3v) is 5.47. The first-order valence-electron chi connectivity index (χ1n) is 10.9. The number of anilines is 1. The molecule has 0 saturated carbocycles. The Morgan fingerprint density at radius 3 is 2.56 bits per heavy atom. The molecule has 0 spiro atoms. The van der Waals surface area contributed by atoms with E-state index in [4.69, 9.17) is 0 Å². The van der Waals surface area contributed by atoms with E-state index in [-0.39, 0.29) is 17.7 Å². The zero-order chi connectivity index (χ0) is 23.1. The van der Waals surface area contributed by atoms with Gasteiger partial charge in [0, 0.05) is 35.5 Å². The highest BCUT2D eigenvalue weighted by atomic mass is 16.2. The Morgan fingerprint density at radius 1 is 1.09 bits per heavy atom. The molecule has 1 heterocycles. The van der Waals surface area contributed by atoms with E-state index in [0.717, 1.165) is 40.3 Å². The average molecular weight is 431 g/mol. The Kier molecular flexibility index (Phi) is 7.60. The number of carbonyl (C=O) groups excluding carboxylic acids is 2. The fourth-order valence-electron chi connectivity index (χ4n) is 3.33. The fraction of sp³-hybridized carbons (Fsp3) is 0.269. The number of rotatable bonds is 8. The zero-order valence-corrected chi connectivity index (χ0v) is 19.1. The molecule has 3 rings (SSSR count). The van der Waals surface area contributed by atoms with Crippen LogP contribution in [0.5, 0.6) is 0 Å². The predicted molar refractivity (Wildman–Crippen MR) is 128 cm³/mol. The number of aryl methyl sites for hydroxylation is 1. The summed E-state index contributed by atoms with van der Waals surface area (Å²) in [6, 6.07) is 17.4. The minimum absolute atomic E-state index is 0.00147. The van der Waals surface area contributed by atoms with E-state index in [1.165, 1.54) is 6.08 Å². The quantitative estimate of drug-likeness (QED) is 0.504. The molecule has 32 heavy (non-hydrogen) atoms. The molecule has 166 valence electrons. The summed E-state index contributed by atoms with van der Waals surface area (Å²) >= 11 is 0. The molecule has 2 N–H and O–H groups in total. The van der Waals surface area contributed by atoms with Crippen LogP contribution in [0.3, 0.4) is 0 Å². The van der Waals surface area contributed by atoms with E-state index in [9.17, 15) is 9.59 Å². The van der Waals surface area contributed by atoms with Crippen molar-refractivity contribution >= 4 is 23.6 Å². The summed E-state index contributed by atoms with van der Waals surface area (Å²) in [6.45, 7) is 8.18. The second-order valence-corrected chi connectivity index (χ2v) is 7.88. The van der Waals surface area contributed by atoms with E-state index < -0.39 is 0 Å². The monoisotopic (exact) mass is 430 g/mol. The van der Waals surface area contributed by atoms with Crippen molar-refractivity contribution in [2.45, 2.75) is 40.7 Å². The highest BCUT2D eigenvalue weighted by Crippen LogP contribution is 2.19. The van der Waals surface area contributed by atoms with Crippen molar-refractivity contribution < 1.29 is 9.59 Å². The van der Waals surface area contributed by atoms with Crippen LogP contribution in [-0.4, -0.2) is 21.6 Å². The number of benzene rings is 2. The summed E-state index contributed by atoms with van der Waals surface area (Å²) in [5.74, 6) is -0.231. The Morgan fingerprint density at radius 2 is 1.84 bits per heavy atom. The minimum Gasteiger partial charge on any atom is -0.348 e. The lowest BCUT2D eigenvalue weighted by Gasteiger charge is -2.11. The van der Waals surface area contributed by atoms with Gasteiger partial charge in [-0.05, 0) is 56.2 Å². The summed E-state index contributed by atoms with van der Waals surface area (Å²) in [7, 11) is 0. The van der Waals surface area contributed by atoms with Crippen LogP contribution in [0.1, 0.15) is 42.8 Å². The number of para-hydroxylation sites is 1. The summed E-state index contributed by atoms with van der Waals surface area (Å²) < 4.78 is 1.88. The van der Waals surface area contributed by atoms with Crippen molar-refractivity contribution in [3.63, 3.8) is 0 Å². The Labute approximate surface area is 189 Å². The number of hydrogen-bond acceptors (Lipinski definition) is 3. The maximum atomic E-state index is 12.4. The van der Waals surface area contributed by atoms with E-state index in [0.29, 0.717) is 6.54 Å². The Balaban J connectivity index is 1.62. The maximum absolute atomic E-state index is 12.4. The predicted octanol–water partition coefficient (Wildman–Crippen LogP) is 4.80. The van der Waals surface area contributed by atoms with Crippen molar-refractivity contribution in [1.29, 1.82) is 0 Å². The molecule has 0 saturated heterocycles. The minimum atomic E-state index is -0.190. The lowest BCUT2D eigenvalue weighted by Crippen LogP contribution is -2.21. The first kappa shape index (κ1) is 23.0. The van der Waals surface area contributed by atoms with Crippen molar-refractivity contribution in [2.24, 2.45) is 5.92 Å². The standard InChI is InChI=1S/C26H30N4O2/c1-5-18(2)26(32)28-22-11-9-10-21(16-22)17-27-25(31)15-14-24-19(3)29-30(20(24)4)23-12-7-6-8-13-23/h6-16,18H,5,17H2,1-4H3,(H,27,31)(H,28,32)/b15-14+. The van der Waals surface area contributed by atoms with Gasteiger partial charge in [-0.1, -0.05) is 44.2 Å². The first-order valence-corrected chi connectivity index (χ1v) is 10.9. The molecule has 0 fully saturated rings. The number of carbonyl (C=O) groups is 2. The molecule has 3 aromatic rings. The van der Waals surface area contributed by atoms with Gasteiger partial charge in [0.1, 0.15) is 0 Å². The van der Waals surface area contributed by atoms with Gasteiger partial charge in [-0.25, -0.2) is 4.68 Å². The molecule has 2 aromatic carbocycles. The van der Waals surface area contributed by atoms with Crippen molar-refractivity contribution in [3.8, 4) is 5.69 Å². The van der Waals surface area contributed by atoms with E-state index in [2.05, 4.69) is 15.7 Å². The molecule has 0 radical (unpaired) electrons. The van der Waals surface area contributed by atoms with Gasteiger partial charge >= 0.3 is 0 Å². The van der Waals surface area contributed by atoms with Crippen molar-refractivity contribution in [2.75, 3.05) is 5.32 Å². The van der Waals surface area contributed by atoms with Gasteiger partial charge in [0.25, 0.3) is 0 Å². The maximum Gasteiger partial charge on any atom is 0.244 e. The molecular formula is C26H30N4O2. The molecule has 1 atom stereocenters. The lowest BCUT2D eigenvalue weighted by molar-refractivity contribution is -0.119. The van der Waals surface area contributed by atoms with Crippen LogP contribution in [0, 0.1) is 19.8 Å². The van der Waals surface area contributed by atoms with E-state index in [1.54, 1.807) is 6.08 Å². The molecule has 6 nitrogen and oxygen atoms in total. The molecule has 0 aliphatic rings.